The molecule has 3 N–H and O–H groups in total. The molecule has 15 aromatic rings. The Morgan fingerprint density at radius 3 is 1.03 bits per heavy atom. The van der Waals surface area contributed by atoms with Crippen LogP contribution in [0.25, 0.3) is 83.6 Å². The number of sulfone groups is 1. The minimum absolute atomic E-state index is 0.0194. The number of carbonyl (C=O) groups is 8. The molecule has 0 radical (unpaired) electrons. The van der Waals surface area contributed by atoms with Crippen molar-refractivity contribution in [2.45, 2.75) is 179 Å². The van der Waals surface area contributed by atoms with Gasteiger partial charge in [0.25, 0.3) is 35.4 Å². The molecule has 22 rings (SSSR count). The van der Waals surface area contributed by atoms with Crippen LogP contribution in [0.5, 0.6) is 0 Å². The van der Waals surface area contributed by atoms with Crippen LogP contribution in [0, 0.1) is 19.8 Å². The third-order valence-electron chi connectivity index (χ3n) is 29.6. The highest BCUT2D eigenvalue weighted by molar-refractivity contribution is 7.91. The van der Waals surface area contributed by atoms with E-state index in [0.717, 1.165) is 109 Å². The van der Waals surface area contributed by atoms with Gasteiger partial charge in [-0.15, -0.1) is 0 Å². The molecule has 33 heteroatoms. The molecule has 147 heavy (non-hydrogen) atoms. The number of benzene rings is 5. The first-order chi connectivity index (χ1) is 70.3. The number of hydrogen-bond donors (Lipinski definition) is 3. The Labute approximate surface area is 849 Å². The van der Waals surface area contributed by atoms with Gasteiger partial charge in [-0.3, -0.25) is 38.4 Å². The zero-order chi connectivity index (χ0) is 104. The summed E-state index contributed by atoms with van der Waals surface area (Å²) in [6, 6.07) is 59.2. The molecule has 1 saturated carbocycles. The number of carboxylic acid groups (broad SMARTS) is 2. The normalized spacial score (nSPS) is 17.7. The van der Waals surface area contributed by atoms with Gasteiger partial charge in [0.15, 0.2) is 0 Å². The average molecular weight is 2010 g/mol. The molecular formula is C114H120F4N16O12S. The van der Waals surface area contributed by atoms with Gasteiger partial charge in [0.2, 0.25) is 0 Å². The number of rotatable bonds is 16. The molecule has 0 bridgehead atoms. The number of aromatic nitrogens is 10. The largest absolute Gasteiger partial charge is 0.481 e. The number of nitrogens with one attached hydrogen (secondary N) is 1. The van der Waals surface area contributed by atoms with Crippen molar-refractivity contribution >= 4 is 112 Å². The quantitative estimate of drug-likeness (QED) is 0.0757. The molecule has 7 fully saturated rings. The lowest BCUT2D eigenvalue weighted by molar-refractivity contribution is -0.140. The molecule has 1 aliphatic carbocycles. The van der Waals surface area contributed by atoms with Crippen molar-refractivity contribution in [3.8, 4) is 28.4 Å². The molecule has 5 aromatic carbocycles. The highest BCUT2D eigenvalue weighted by Crippen LogP contribution is 2.49. The van der Waals surface area contributed by atoms with Crippen molar-refractivity contribution in [1.82, 2.24) is 77.6 Å². The smallest absolute Gasteiger partial charge is 0.314 e. The summed E-state index contributed by atoms with van der Waals surface area (Å²) in [5.74, 6) is -1.35. The summed E-state index contributed by atoms with van der Waals surface area (Å²) in [6.45, 7) is 17.8. The monoisotopic (exact) mass is 2010 g/mol. The van der Waals surface area contributed by atoms with E-state index >= 15 is 0 Å². The number of hydrogen-bond acceptors (Lipinski definition) is 15. The van der Waals surface area contributed by atoms with Crippen LogP contribution >= 0.6 is 0 Å². The molecule has 0 spiro atoms. The van der Waals surface area contributed by atoms with Crippen LogP contribution < -0.4 is 5.32 Å². The molecule has 16 heterocycles. The molecule has 6 aliphatic heterocycles. The zero-order valence-electron chi connectivity index (χ0n) is 83.4. The van der Waals surface area contributed by atoms with Gasteiger partial charge in [-0.1, -0.05) is 66.6 Å². The number of likely N-dealkylation sites (tertiary alicyclic amines) is 5. The lowest BCUT2D eigenvalue weighted by atomic mass is 9.95. The third-order valence-corrected chi connectivity index (χ3v) is 31.4. The number of fused-ring (bicyclic) bond motifs is 5. The van der Waals surface area contributed by atoms with Crippen molar-refractivity contribution in [2.75, 3.05) is 77.0 Å². The van der Waals surface area contributed by atoms with Gasteiger partial charge in [0.1, 0.15) is 60.8 Å². The maximum atomic E-state index is 14.1. The van der Waals surface area contributed by atoms with E-state index < -0.39 is 49.9 Å². The fourth-order valence-corrected chi connectivity index (χ4v) is 21.2. The Morgan fingerprint density at radius 2 is 0.694 bits per heavy atom. The second kappa shape index (κ2) is 42.2. The van der Waals surface area contributed by atoms with Crippen molar-refractivity contribution in [3.63, 3.8) is 0 Å². The van der Waals surface area contributed by atoms with Crippen molar-refractivity contribution in [3.05, 3.63) is 300 Å². The number of aryl methyl sites for hydroxylation is 2. The molecule has 762 valence electrons. The number of alkyl halides is 4. The van der Waals surface area contributed by atoms with E-state index in [1.807, 2.05) is 163 Å². The van der Waals surface area contributed by atoms with E-state index in [0.29, 0.717) is 180 Å². The molecule has 6 amide bonds. The first-order valence-electron chi connectivity index (χ1n) is 50.3. The van der Waals surface area contributed by atoms with Gasteiger partial charge >= 0.3 is 11.9 Å². The second-order valence-corrected chi connectivity index (χ2v) is 43.5. The Kier molecular flexibility index (Phi) is 29.3. The summed E-state index contributed by atoms with van der Waals surface area (Å²) in [5.41, 5.74) is 11.1. The lowest BCUT2D eigenvalue weighted by Gasteiger charge is -2.34. The van der Waals surface area contributed by atoms with Crippen LogP contribution in [-0.2, 0) is 31.3 Å². The Bertz CT molecular complexity index is 7540. The summed E-state index contributed by atoms with van der Waals surface area (Å²) >= 11 is 0. The number of carboxylic acids is 2. The third kappa shape index (κ3) is 23.6. The standard InChI is InChI=1S/C26H29FN4O4S.C24H24FN3O3.C22H22FN3O3.C21H22FN3O.C21H23N3O/c1-26(27)9-12-30(13-10-26)25(33)20-16-19-6-11-31(23(19)28-17-20)22-4-2-18(3-5-22)24(32)29-21-7-14-36(34,35)15-8-21;1-23(25)9-12-27(13-10-23)21(29)17-14-16-6-11-28(20(16)26-15-17)19-4-2-18(3-5-19)24(7-8-24)22(30)31;1-22(23)7-10-25(11-8-22)21(29)17-13-16-6-9-26(20(16)24-14-17)18-4-2-15(3-5-18)12-19(27)28;1-15-3-5-18(6-4-15)25-10-7-16-13-17(14-23-19(16)25)20(26)24-11-8-21(2,22)9-12-24;1-15-3-5-17(6-4-15)24-14-11-18-20(24)8-7-19(22-18)21(25)23-12-9-16(2)10-13-23/h2-6,11,16-17,21H,7-10,12-15H2,1H3,(H,29,32);2-6,11,14-15H,7-10,12-13H2,1H3,(H,30,31);2-6,9,13-14H,7-8,10-12H2,1H3,(H,27,28);3-7,10,13-14H,8-9,11-12H2,1-2H3;3-8,11,14,16H,9-10,12-13H2,1-2H3. The van der Waals surface area contributed by atoms with E-state index in [4.69, 9.17) is 5.11 Å². The molecule has 10 aromatic heterocycles. The van der Waals surface area contributed by atoms with E-state index in [9.17, 15) is 69.4 Å². The Balaban J connectivity index is 0.000000121. The summed E-state index contributed by atoms with van der Waals surface area (Å²) in [4.78, 5) is 130. The van der Waals surface area contributed by atoms with E-state index in [-0.39, 0.29) is 59.4 Å². The Morgan fingerprint density at radius 1 is 0.374 bits per heavy atom. The maximum Gasteiger partial charge on any atom is 0.314 e. The minimum Gasteiger partial charge on any atom is -0.481 e. The summed E-state index contributed by atoms with van der Waals surface area (Å²) in [5, 5.41) is 24.7. The number of nitrogens with zero attached hydrogens (tertiary/aromatic N) is 15. The number of aliphatic carboxylic acids is 2. The minimum atomic E-state index is -2.98. The van der Waals surface area contributed by atoms with E-state index in [1.54, 1.807) is 102 Å². The molecule has 7 aliphatic rings. The first kappa shape index (κ1) is 102. The molecular weight excluding hydrogens is 1890 g/mol. The lowest BCUT2D eigenvalue weighted by Crippen LogP contribution is -2.43. The summed E-state index contributed by atoms with van der Waals surface area (Å²) < 4.78 is 89.1. The zero-order valence-corrected chi connectivity index (χ0v) is 84.3. The fourth-order valence-electron chi connectivity index (χ4n) is 19.7. The van der Waals surface area contributed by atoms with Crippen LogP contribution in [0.15, 0.2) is 244 Å². The number of amides is 6. The number of pyridine rings is 5. The van der Waals surface area contributed by atoms with Gasteiger partial charge in [0, 0.05) is 183 Å². The molecule has 0 atom stereocenters. The summed E-state index contributed by atoms with van der Waals surface area (Å²) in [7, 11) is -2.98. The SMILES string of the molecule is CC1(F)CCN(C(=O)c2cnc3c(ccn3-c3ccc(C(=O)NC4CCS(=O)(=O)CC4)cc3)c2)CC1.CC1(F)CCN(C(=O)c2cnc3c(ccn3-c3ccc(C4(C(=O)O)CC4)cc3)c2)CC1.CC1(F)CCN(C(=O)c2cnc3c(ccn3-c3ccc(CC(=O)O)cc3)c2)CC1.Cc1ccc(-n2ccc3cc(C(=O)N4CCC(C)(F)CC4)cnc32)cc1.Cc1ccc(-n2ccc3nc(C(=O)N4CCC(C)CC4)ccc32)cc1. The Hall–Kier alpha value is -15.0. The maximum absolute atomic E-state index is 14.1. The summed E-state index contributed by atoms with van der Waals surface area (Å²) in [6.07, 6.45) is 23.1. The molecule has 28 nitrogen and oxygen atoms in total. The van der Waals surface area contributed by atoms with Crippen LogP contribution in [-0.4, -0.2) is 244 Å². The predicted molar refractivity (Wildman–Crippen MR) is 557 cm³/mol. The van der Waals surface area contributed by atoms with Crippen LogP contribution in [0.4, 0.5) is 17.6 Å². The highest BCUT2D eigenvalue weighted by Gasteiger charge is 2.52. The van der Waals surface area contributed by atoms with Crippen molar-refractivity contribution in [1.29, 1.82) is 0 Å². The first-order valence-corrected chi connectivity index (χ1v) is 52.1. The average Bonchev–Trinajstić information content (AvgIpc) is 1.59. The van der Waals surface area contributed by atoms with Crippen LogP contribution in [0.3, 0.4) is 0 Å². The van der Waals surface area contributed by atoms with Gasteiger partial charge in [-0.25, -0.2) is 50.9 Å². The second-order valence-electron chi connectivity index (χ2n) is 41.2. The number of halogens is 4. The van der Waals surface area contributed by atoms with Gasteiger partial charge < -0.3 is 62.9 Å². The fraction of sp³-hybridized carbons (Fsp3) is 0.360. The number of piperidine rings is 5. The van der Waals surface area contributed by atoms with Crippen LogP contribution in [0.2, 0.25) is 0 Å². The van der Waals surface area contributed by atoms with E-state index in [1.165, 1.54) is 11.1 Å². The van der Waals surface area contributed by atoms with Gasteiger partial charge in [-0.05, 0) is 288 Å². The number of carbonyl (C=O) groups excluding carboxylic acids is 6. The van der Waals surface area contributed by atoms with E-state index in [2.05, 4.69) is 104 Å². The van der Waals surface area contributed by atoms with Crippen molar-refractivity contribution in [2.24, 2.45) is 5.92 Å². The predicted octanol–water partition coefficient (Wildman–Crippen LogP) is 19.5. The van der Waals surface area contributed by atoms with Gasteiger partial charge in [0.05, 0.1) is 56.6 Å². The van der Waals surface area contributed by atoms with Gasteiger partial charge in [-0.2, -0.15) is 0 Å². The van der Waals surface area contributed by atoms with Crippen molar-refractivity contribution < 1.29 is 74.5 Å². The highest BCUT2D eigenvalue weighted by atomic mass is 32.2. The molecule has 0 unspecified atom stereocenters. The molecule has 6 saturated heterocycles. The van der Waals surface area contributed by atoms with Crippen LogP contribution in [0.1, 0.15) is 209 Å². The topological polar surface area (TPSA) is 328 Å².